The van der Waals surface area contributed by atoms with Crippen LogP contribution in [0.15, 0.2) is 18.2 Å². The summed E-state index contributed by atoms with van der Waals surface area (Å²) in [6.45, 7) is 9.56. The molecule has 1 aromatic rings. The number of nitrogens with zero attached hydrogens (tertiary/aromatic N) is 3. The Morgan fingerprint density at radius 2 is 1.78 bits per heavy atom. The molecule has 0 aromatic heterocycles. The van der Waals surface area contributed by atoms with Crippen LogP contribution in [0.5, 0.6) is 5.75 Å². The molecule has 1 aliphatic carbocycles. The minimum Gasteiger partial charge on any atom is -0.508 e. The summed E-state index contributed by atoms with van der Waals surface area (Å²) < 4.78 is 0. The number of hydrogen-bond donors (Lipinski definition) is 2. The molecule has 2 aliphatic rings. The summed E-state index contributed by atoms with van der Waals surface area (Å²) in [5.74, 6) is 0.192. The molecule has 2 N–H and O–H groups in total. The van der Waals surface area contributed by atoms with Gasteiger partial charge in [0.25, 0.3) is 5.91 Å². The highest BCUT2D eigenvalue weighted by Crippen LogP contribution is 2.45. The minimum atomic E-state index is -0.886. The zero-order valence-electron chi connectivity index (χ0n) is 20.2. The van der Waals surface area contributed by atoms with Crippen LogP contribution in [-0.2, 0) is 11.2 Å². The van der Waals surface area contributed by atoms with E-state index in [2.05, 4.69) is 18.7 Å². The first kappa shape index (κ1) is 24.5. The Bertz CT molecular complexity index is 848. The van der Waals surface area contributed by atoms with Gasteiger partial charge in [-0.1, -0.05) is 6.07 Å². The molecule has 1 heterocycles. The lowest BCUT2D eigenvalue weighted by Gasteiger charge is -2.48. The van der Waals surface area contributed by atoms with Gasteiger partial charge in [-0.3, -0.25) is 9.69 Å². The van der Waals surface area contributed by atoms with E-state index in [0.717, 1.165) is 24.9 Å². The molecule has 178 valence electrons. The second kappa shape index (κ2) is 9.40. The highest BCUT2D eigenvalue weighted by molar-refractivity contribution is 6.07. The molecule has 1 saturated carbocycles. The quantitative estimate of drug-likeness (QED) is 0.600. The summed E-state index contributed by atoms with van der Waals surface area (Å²) in [5.41, 5.74) is 0.642. The lowest BCUT2D eigenvalue weighted by Crippen LogP contribution is -2.59. The Balaban J connectivity index is 1.61. The van der Waals surface area contributed by atoms with Crippen LogP contribution < -0.4 is 0 Å². The second-order valence-corrected chi connectivity index (χ2v) is 9.58. The summed E-state index contributed by atoms with van der Waals surface area (Å²) in [6.07, 6.45) is 3.79. The van der Waals surface area contributed by atoms with Crippen molar-refractivity contribution in [2.75, 3.05) is 26.7 Å². The number of aryl methyl sites for hydroxylation is 2. The van der Waals surface area contributed by atoms with Gasteiger partial charge in [-0.05, 0) is 103 Å². The van der Waals surface area contributed by atoms with Crippen LogP contribution in [0.2, 0.25) is 0 Å². The third kappa shape index (κ3) is 4.25. The molecule has 1 aromatic carbocycles. The Hall–Kier alpha value is -2.12. The van der Waals surface area contributed by atoms with Crippen molar-refractivity contribution in [3.05, 3.63) is 29.3 Å². The number of carbonyl (C=O) groups is 2. The van der Waals surface area contributed by atoms with Crippen molar-refractivity contribution in [3.63, 3.8) is 0 Å². The number of hydrogen-bond acceptors (Lipinski definition) is 5. The van der Waals surface area contributed by atoms with Crippen LogP contribution in [0.3, 0.4) is 0 Å². The molecular formula is C25H39N3O4. The first-order valence-electron chi connectivity index (χ1n) is 11.9. The number of phenolic OH excluding ortho intramolecular Hbond substituents is 1. The van der Waals surface area contributed by atoms with Gasteiger partial charge in [0.2, 0.25) is 0 Å². The average Bonchev–Trinajstić information content (AvgIpc) is 2.97. The van der Waals surface area contributed by atoms with Gasteiger partial charge in [-0.2, -0.15) is 0 Å². The van der Waals surface area contributed by atoms with Gasteiger partial charge >= 0.3 is 6.03 Å². The number of benzene rings is 1. The van der Waals surface area contributed by atoms with Crippen molar-refractivity contribution in [3.8, 4) is 5.75 Å². The molecule has 7 nitrogen and oxygen atoms in total. The molecular weight excluding hydrogens is 406 g/mol. The third-order valence-electron chi connectivity index (χ3n) is 7.93. The maximum Gasteiger partial charge on any atom is 0.327 e. The fourth-order valence-electron chi connectivity index (χ4n) is 5.55. The summed E-state index contributed by atoms with van der Waals surface area (Å²) in [4.78, 5) is 31.0. The van der Waals surface area contributed by atoms with E-state index in [1.807, 2.05) is 33.0 Å². The first-order chi connectivity index (χ1) is 15.1. The monoisotopic (exact) mass is 445 g/mol. The first-order valence-corrected chi connectivity index (χ1v) is 11.9. The molecule has 0 bridgehead atoms. The minimum absolute atomic E-state index is 0.0605. The van der Waals surface area contributed by atoms with Gasteiger partial charge in [-0.15, -0.1) is 0 Å². The van der Waals surface area contributed by atoms with E-state index in [1.165, 1.54) is 10.5 Å². The standard InChI is InChI=1S/C25H39N3O4/c1-6-27-22(30)24(28(7-2)23(27)31)12-14-25(32,15-13-24)19(4)26(5)16-8-9-20-17-21(29)11-10-18(20)3/h10-11,17,19,29,32H,6-9,12-16H2,1-5H3/t19-,24-,25-/m1/s1. The maximum absolute atomic E-state index is 13.1. The Labute approximate surface area is 192 Å². The van der Waals surface area contributed by atoms with Gasteiger partial charge in [0.15, 0.2) is 0 Å². The Kier molecular flexibility index (Phi) is 7.20. The molecule has 1 aliphatic heterocycles. The van der Waals surface area contributed by atoms with Gasteiger partial charge in [0, 0.05) is 19.1 Å². The predicted octanol–water partition coefficient (Wildman–Crippen LogP) is 3.30. The molecule has 32 heavy (non-hydrogen) atoms. The molecule has 3 rings (SSSR count). The molecule has 7 heteroatoms. The molecule has 0 radical (unpaired) electrons. The van der Waals surface area contributed by atoms with E-state index in [0.29, 0.717) is 44.5 Å². The SMILES string of the molecule is CCN1C(=O)N(CC)[C@]2(CC[C@@](O)([C@@H](C)N(C)CCCc3cc(O)ccc3C)CC2)C1=O. The summed E-state index contributed by atoms with van der Waals surface area (Å²) in [5, 5.41) is 21.2. The lowest BCUT2D eigenvalue weighted by molar-refractivity contribution is -0.140. The fourth-order valence-corrected chi connectivity index (χ4v) is 5.55. The molecule has 3 amide bonds. The number of aromatic hydroxyl groups is 1. The number of aliphatic hydroxyl groups is 1. The van der Waals surface area contributed by atoms with Crippen LogP contribution in [0.1, 0.15) is 64.0 Å². The van der Waals surface area contributed by atoms with Crippen LogP contribution >= 0.6 is 0 Å². The highest BCUT2D eigenvalue weighted by atomic mass is 16.3. The zero-order chi connectivity index (χ0) is 23.7. The predicted molar refractivity (Wildman–Crippen MR) is 125 cm³/mol. The lowest BCUT2D eigenvalue weighted by atomic mass is 9.70. The molecule has 1 saturated heterocycles. The number of amides is 3. The van der Waals surface area contributed by atoms with E-state index in [9.17, 15) is 19.8 Å². The summed E-state index contributed by atoms with van der Waals surface area (Å²) >= 11 is 0. The molecule has 2 fully saturated rings. The Morgan fingerprint density at radius 1 is 1.12 bits per heavy atom. The number of phenols is 1. The third-order valence-corrected chi connectivity index (χ3v) is 7.93. The van der Waals surface area contributed by atoms with E-state index in [1.54, 1.807) is 11.0 Å². The summed E-state index contributed by atoms with van der Waals surface area (Å²) in [7, 11) is 2.03. The van der Waals surface area contributed by atoms with Crippen LogP contribution in [-0.4, -0.2) is 80.7 Å². The zero-order valence-corrected chi connectivity index (χ0v) is 20.2. The van der Waals surface area contributed by atoms with Crippen molar-refractivity contribution in [2.24, 2.45) is 0 Å². The van der Waals surface area contributed by atoms with Crippen LogP contribution in [0.4, 0.5) is 4.79 Å². The second-order valence-electron chi connectivity index (χ2n) is 9.58. The maximum atomic E-state index is 13.1. The van der Waals surface area contributed by atoms with Crippen molar-refractivity contribution < 1.29 is 19.8 Å². The van der Waals surface area contributed by atoms with E-state index >= 15 is 0 Å². The molecule has 1 atom stereocenters. The smallest absolute Gasteiger partial charge is 0.327 e. The topological polar surface area (TPSA) is 84.3 Å². The number of urea groups is 1. The van der Waals surface area contributed by atoms with Crippen molar-refractivity contribution in [1.82, 2.24) is 14.7 Å². The number of rotatable bonds is 8. The van der Waals surface area contributed by atoms with Gasteiger partial charge in [-0.25, -0.2) is 4.79 Å². The van der Waals surface area contributed by atoms with Crippen LogP contribution in [0, 0.1) is 6.92 Å². The van der Waals surface area contributed by atoms with Crippen LogP contribution in [0.25, 0.3) is 0 Å². The number of imide groups is 1. The number of likely N-dealkylation sites (N-methyl/N-ethyl adjacent to an activating group) is 3. The summed E-state index contributed by atoms with van der Waals surface area (Å²) in [6, 6.07) is 5.21. The highest BCUT2D eigenvalue weighted by Gasteiger charge is 2.59. The van der Waals surface area contributed by atoms with Gasteiger partial charge in [0.1, 0.15) is 11.3 Å². The fraction of sp³-hybridized carbons (Fsp3) is 0.680. The van der Waals surface area contributed by atoms with Gasteiger partial charge < -0.3 is 20.0 Å². The van der Waals surface area contributed by atoms with Crippen molar-refractivity contribution in [2.45, 2.75) is 83.4 Å². The van der Waals surface area contributed by atoms with Gasteiger partial charge in [0.05, 0.1) is 5.60 Å². The number of carbonyl (C=O) groups excluding carboxylic acids is 2. The molecule has 0 unspecified atom stereocenters. The normalized spacial score (nSPS) is 27.1. The van der Waals surface area contributed by atoms with Crippen molar-refractivity contribution in [1.29, 1.82) is 0 Å². The van der Waals surface area contributed by atoms with Crippen molar-refractivity contribution >= 4 is 11.9 Å². The van der Waals surface area contributed by atoms with E-state index < -0.39 is 11.1 Å². The largest absolute Gasteiger partial charge is 0.508 e. The van der Waals surface area contributed by atoms with E-state index in [-0.39, 0.29) is 18.0 Å². The Morgan fingerprint density at radius 3 is 2.38 bits per heavy atom. The molecule has 1 spiro atoms. The average molecular weight is 446 g/mol. The van der Waals surface area contributed by atoms with E-state index in [4.69, 9.17) is 0 Å².